The van der Waals surface area contributed by atoms with Gasteiger partial charge in [-0.05, 0) is 44.2 Å². The van der Waals surface area contributed by atoms with Crippen LogP contribution in [0.5, 0.6) is 5.75 Å². The van der Waals surface area contributed by atoms with Crippen LogP contribution in [0.2, 0.25) is 0 Å². The van der Waals surface area contributed by atoms with Crippen LogP contribution in [0.25, 0.3) is 11.3 Å². The van der Waals surface area contributed by atoms with E-state index < -0.39 is 15.4 Å². The van der Waals surface area contributed by atoms with Crippen LogP contribution in [0.1, 0.15) is 25.0 Å². The lowest BCUT2D eigenvalue weighted by atomic mass is 9.92. The Labute approximate surface area is 153 Å². The summed E-state index contributed by atoms with van der Waals surface area (Å²) in [5.41, 5.74) is 0.700. The molecule has 0 aromatic heterocycles. The van der Waals surface area contributed by atoms with Gasteiger partial charge >= 0.3 is 0 Å². The summed E-state index contributed by atoms with van der Waals surface area (Å²) in [6.45, 7) is 3.42. The molecule has 0 fully saturated rings. The van der Waals surface area contributed by atoms with Crippen molar-refractivity contribution in [3.8, 4) is 5.75 Å². The summed E-state index contributed by atoms with van der Waals surface area (Å²) in [6.07, 6.45) is 1.15. The van der Waals surface area contributed by atoms with Crippen LogP contribution in [-0.4, -0.2) is 33.2 Å². The fourth-order valence-corrected chi connectivity index (χ4v) is 3.54. The highest BCUT2D eigenvalue weighted by atomic mass is 32.2. The average Bonchev–Trinajstić information content (AvgIpc) is 2.84. The second kappa shape index (κ2) is 6.29. The first kappa shape index (κ1) is 18.2. The Morgan fingerprint density at radius 3 is 2.19 bits per heavy atom. The summed E-state index contributed by atoms with van der Waals surface area (Å²) in [7, 11) is -1.75. The molecule has 0 atom stereocenters. The van der Waals surface area contributed by atoms with Gasteiger partial charge in [0.05, 0.1) is 17.6 Å². The SMILES string of the molecule is COc1ccccc1C1=C(c2ccc(S(C)(=O)=O)cc2)OC(C)(C)C1=O. The minimum absolute atomic E-state index is 0.149. The molecule has 1 heterocycles. The minimum atomic E-state index is -3.30. The Balaban J connectivity index is 2.20. The lowest BCUT2D eigenvalue weighted by Gasteiger charge is -2.18. The fraction of sp³-hybridized carbons (Fsp3) is 0.250. The maximum Gasteiger partial charge on any atom is 0.210 e. The first-order chi connectivity index (χ1) is 12.1. The molecule has 0 bridgehead atoms. The number of carbonyl (C=O) groups excluding carboxylic acids is 1. The van der Waals surface area contributed by atoms with Gasteiger partial charge in [0.2, 0.25) is 5.78 Å². The van der Waals surface area contributed by atoms with Crippen molar-refractivity contribution >= 4 is 27.0 Å². The highest BCUT2D eigenvalue weighted by molar-refractivity contribution is 7.90. The second-order valence-electron chi connectivity index (χ2n) is 6.64. The fourth-order valence-electron chi connectivity index (χ4n) is 2.91. The van der Waals surface area contributed by atoms with Gasteiger partial charge in [0.15, 0.2) is 15.4 Å². The molecule has 26 heavy (non-hydrogen) atoms. The van der Waals surface area contributed by atoms with E-state index in [1.165, 1.54) is 12.1 Å². The van der Waals surface area contributed by atoms with Crippen molar-refractivity contribution in [3.05, 3.63) is 59.7 Å². The number of ether oxygens (including phenoxy) is 2. The number of hydrogen-bond donors (Lipinski definition) is 0. The Bertz CT molecular complexity index is 999. The summed E-state index contributed by atoms with van der Waals surface area (Å²) < 4.78 is 34.7. The monoisotopic (exact) mass is 372 g/mol. The van der Waals surface area contributed by atoms with E-state index in [-0.39, 0.29) is 10.7 Å². The maximum atomic E-state index is 13.0. The number of methoxy groups -OCH3 is 1. The number of carbonyl (C=O) groups is 1. The lowest BCUT2D eigenvalue weighted by Crippen LogP contribution is -2.29. The zero-order valence-corrected chi connectivity index (χ0v) is 15.9. The van der Waals surface area contributed by atoms with Gasteiger partial charge in [0.25, 0.3) is 0 Å². The van der Waals surface area contributed by atoms with Gasteiger partial charge in [-0.15, -0.1) is 0 Å². The minimum Gasteiger partial charge on any atom is -0.496 e. The van der Waals surface area contributed by atoms with Crippen LogP contribution < -0.4 is 4.74 Å². The van der Waals surface area contributed by atoms with Crippen molar-refractivity contribution in [3.63, 3.8) is 0 Å². The van der Waals surface area contributed by atoms with E-state index >= 15 is 0 Å². The molecule has 136 valence electrons. The zero-order chi connectivity index (χ0) is 19.1. The number of rotatable bonds is 4. The Kier molecular flexibility index (Phi) is 4.40. The number of Topliss-reactive ketones (excluding diaryl/α,β-unsaturated/α-hetero) is 1. The predicted molar refractivity (Wildman–Crippen MR) is 99.5 cm³/mol. The van der Waals surface area contributed by atoms with Crippen LogP contribution in [-0.2, 0) is 19.4 Å². The molecule has 0 N–H and O–H groups in total. The molecule has 0 saturated carbocycles. The molecule has 0 unspecified atom stereocenters. The molecule has 0 aliphatic carbocycles. The zero-order valence-electron chi connectivity index (χ0n) is 15.1. The van der Waals surface area contributed by atoms with Gasteiger partial charge in [-0.25, -0.2) is 8.42 Å². The van der Waals surface area contributed by atoms with E-state index in [0.29, 0.717) is 28.2 Å². The van der Waals surface area contributed by atoms with Crippen molar-refractivity contribution in [2.75, 3.05) is 13.4 Å². The molecular formula is C20H20O5S. The third kappa shape index (κ3) is 3.12. The molecule has 2 aromatic carbocycles. The predicted octanol–water partition coefficient (Wildman–Crippen LogP) is 3.34. The van der Waals surface area contributed by atoms with Gasteiger partial charge in [0, 0.05) is 17.4 Å². The smallest absolute Gasteiger partial charge is 0.210 e. The van der Waals surface area contributed by atoms with Gasteiger partial charge in [-0.3, -0.25) is 4.79 Å². The van der Waals surface area contributed by atoms with E-state index in [1.54, 1.807) is 39.2 Å². The van der Waals surface area contributed by atoms with Crippen molar-refractivity contribution in [2.24, 2.45) is 0 Å². The van der Waals surface area contributed by atoms with E-state index in [1.807, 2.05) is 18.2 Å². The molecule has 0 saturated heterocycles. The number of ketones is 1. The maximum absolute atomic E-state index is 13.0. The lowest BCUT2D eigenvalue weighted by molar-refractivity contribution is -0.125. The molecule has 1 aliphatic rings. The van der Waals surface area contributed by atoms with E-state index in [2.05, 4.69) is 0 Å². The van der Waals surface area contributed by atoms with Crippen molar-refractivity contribution in [2.45, 2.75) is 24.3 Å². The van der Waals surface area contributed by atoms with Crippen molar-refractivity contribution in [1.29, 1.82) is 0 Å². The summed E-state index contributed by atoms with van der Waals surface area (Å²) >= 11 is 0. The first-order valence-corrected chi connectivity index (χ1v) is 9.96. The second-order valence-corrected chi connectivity index (χ2v) is 8.66. The number of para-hydroxylation sites is 1. The third-order valence-electron chi connectivity index (χ3n) is 4.28. The molecule has 5 nitrogen and oxygen atoms in total. The van der Waals surface area contributed by atoms with E-state index in [4.69, 9.17) is 9.47 Å². The quantitative estimate of drug-likeness (QED) is 0.823. The average molecular weight is 372 g/mol. The molecule has 6 heteroatoms. The highest BCUT2D eigenvalue weighted by Crippen LogP contribution is 2.43. The Morgan fingerprint density at radius 1 is 1.00 bits per heavy atom. The first-order valence-electron chi connectivity index (χ1n) is 8.07. The summed E-state index contributed by atoms with van der Waals surface area (Å²) in [6, 6.07) is 13.6. The number of sulfone groups is 1. The Morgan fingerprint density at radius 2 is 1.62 bits per heavy atom. The highest BCUT2D eigenvalue weighted by Gasteiger charge is 2.43. The molecule has 3 rings (SSSR count). The topological polar surface area (TPSA) is 69.7 Å². The summed E-state index contributed by atoms with van der Waals surface area (Å²) in [4.78, 5) is 13.2. The van der Waals surface area contributed by atoms with Crippen LogP contribution >= 0.6 is 0 Å². The largest absolute Gasteiger partial charge is 0.496 e. The van der Waals surface area contributed by atoms with Gasteiger partial charge in [0.1, 0.15) is 11.5 Å². The van der Waals surface area contributed by atoms with Gasteiger partial charge < -0.3 is 9.47 Å². The van der Waals surface area contributed by atoms with Crippen molar-refractivity contribution < 1.29 is 22.7 Å². The molecule has 0 radical (unpaired) electrons. The van der Waals surface area contributed by atoms with Crippen LogP contribution in [0.15, 0.2) is 53.4 Å². The van der Waals surface area contributed by atoms with Crippen molar-refractivity contribution in [1.82, 2.24) is 0 Å². The third-order valence-corrected chi connectivity index (χ3v) is 5.41. The summed E-state index contributed by atoms with van der Waals surface area (Å²) in [5.74, 6) is 0.844. The standard InChI is InChI=1S/C20H20O5S/c1-20(2)19(21)17(15-7-5-6-8-16(15)24-3)18(25-20)13-9-11-14(12-10-13)26(4,22)23/h5-12H,1-4H3. The van der Waals surface area contributed by atoms with Crippen LogP contribution in [0.4, 0.5) is 0 Å². The normalized spacial score (nSPS) is 16.5. The molecular weight excluding hydrogens is 352 g/mol. The Hall–Kier alpha value is -2.60. The molecule has 0 amide bonds. The number of benzene rings is 2. The van der Waals surface area contributed by atoms with Gasteiger partial charge in [-0.1, -0.05) is 18.2 Å². The molecule has 2 aromatic rings. The number of hydrogen-bond acceptors (Lipinski definition) is 5. The summed E-state index contributed by atoms with van der Waals surface area (Å²) in [5, 5.41) is 0. The molecule has 1 aliphatic heterocycles. The van der Waals surface area contributed by atoms with E-state index in [0.717, 1.165) is 6.26 Å². The van der Waals surface area contributed by atoms with Crippen LogP contribution in [0, 0.1) is 0 Å². The van der Waals surface area contributed by atoms with Gasteiger partial charge in [-0.2, -0.15) is 0 Å². The van der Waals surface area contributed by atoms with E-state index in [9.17, 15) is 13.2 Å². The molecule has 0 spiro atoms. The van der Waals surface area contributed by atoms with Crippen LogP contribution in [0.3, 0.4) is 0 Å².